The predicted octanol–water partition coefficient (Wildman–Crippen LogP) is 3.33. The lowest BCUT2D eigenvalue weighted by atomic mass is 10.1. The number of amides is 1. The third kappa shape index (κ3) is 5.42. The first kappa shape index (κ1) is 19.7. The lowest BCUT2D eigenvalue weighted by Crippen LogP contribution is -2.34. The zero-order valence-electron chi connectivity index (χ0n) is 14.9. The highest BCUT2D eigenvalue weighted by Crippen LogP contribution is 2.22. The van der Waals surface area contributed by atoms with Crippen LogP contribution in [0.15, 0.2) is 48.5 Å². The number of likely N-dealkylation sites (N-methyl/N-ethyl adjacent to an activating group) is 1. The van der Waals surface area contributed by atoms with Crippen molar-refractivity contribution in [3.05, 3.63) is 59.7 Å². The van der Waals surface area contributed by atoms with E-state index in [2.05, 4.69) is 10.1 Å². The number of hydrogen-bond acceptors (Lipinski definition) is 4. The Morgan fingerprint density at radius 1 is 1.12 bits per heavy atom. The van der Waals surface area contributed by atoms with Gasteiger partial charge in [-0.15, -0.1) is 0 Å². The number of benzene rings is 2. The number of rotatable bonds is 8. The number of halogens is 2. The molecule has 0 aliphatic rings. The van der Waals surface area contributed by atoms with E-state index in [-0.39, 0.29) is 23.3 Å². The molecule has 0 fully saturated rings. The number of nitrogens with one attached hydrogen (secondary N) is 1. The highest BCUT2D eigenvalue weighted by Gasteiger charge is 2.17. The highest BCUT2D eigenvalue weighted by atomic mass is 19.3. The summed E-state index contributed by atoms with van der Waals surface area (Å²) in [5.41, 5.74) is 1.25. The molecule has 0 aliphatic heterocycles. The second-order valence-electron chi connectivity index (χ2n) is 5.87. The molecule has 0 aliphatic carbocycles. The van der Waals surface area contributed by atoms with Crippen LogP contribution in [0.3, 0.4) is 0 Å². The van der Waals surface area contributed by atoms with Crippen LogP contribution in [0, 0.1) is 0 Å². The van der Waals surface area contributed by atoms with Gasteiger partial charge in [0, 0.05) is 12.1 Å². The Morgan fingerprint density at radius 3 is 2.46 bits per heavy atom. The zero-order chi connectivity index (χ0) is 19.1. The largest absolute Gasteiger partial charge is 0.497 e. The Kier molecular flexibility index (Phi) is 6.91. The molecule has 1 unspecified atom stereocenters. The van der Waals surface area contributed by atoms with E-state index in [4.69, 9.17) is 4.74 Å². The van der Waals surface area contributed by atoms with E-state index in [0.717, 1.165) is 11.3 Å². The van der Waals surface area contributed by atoms with Gasteiger partial charge in [0.2, 0.25) is 0 Å². The SMILES string of the molecule is COc1cccc(C(CNC(=O)c2cccc(OC(F)F)c2)N(C)C)c1. The van der Waals surface area contributed by atoms with Crippen LogP contribution in [0.5, 0.6) is 11.5 Å². The molecule has 2 rings (SSSR count). The fourth-order valence-corrected chi connectivity index (χ4v) is 2.55. The maximum Gasteiger partial charge on any atom is 0.387 e. The van der Waals surface area contributed by atoms with Crippen molar-refractivity contribution in [2.45, 2.75) is 12.7 Å². The smallest absolute Gasteiger partial charge is 0.387 e. The molecule has 1 N–H and O–H groups in total. The zero-order valence-corrected chi connectivity index (χ0v) is 14.9. The lowest BCUT2D eigenvalue weighted by Gasteiger charge is -2.25. The van der Waals surface area contributed by atoms with Gasteiger partial charge < -0.3 is 19.7 Å². The van der Waals surface area contributed by atoms with E-state index in [9.17, 15) is 13.6 Å². The molecule has 0 radical (unpaired) electrons. The fraction of sp³-hybridized carbons (Fsp3) is 0.316. The topological polar surface area (TPSA) is 50.8 Å². The molecular weight excluding hydrogens is 342 g/mol. The molecule has 1 atom stereocenters. The summed E-state index contributed by atoms with van der Waals surface area (Å²) in [7, 11) is 5.42. The number of carbonyl (C=O) groups is 1. The summed E-state index contributed by atoms with van der Waals surface area (Å²) in [6.45, 7) is -2.58. The molecule has 0 saturated heterocycles. The van der Waals surface area contributed by atoms with Crippen molar-refractivity contribution in [2.75, 3.05) is 27.7 Å². The molecule has 0 heterocycles. The second-order valence-corrected chi connectivity index (χ2v) is 5.87. The third-order valence-corrected chi connectivity index (χ3v) is 3.88. The first-order valence-corrected chi connectivity index (χ1v) is 8.04. The Labute approximate surface area is 151 Å². The molecule has 5 nitrogen and oxygen atoms in total. The quantitative estimate of drug-likeness (QED) is 0.781. The number of methoxy groups -OCH3 is 1. The third-order valence-electron chi connectivity index (χ3n) is 3.88. The van der Waals surface area contributed by atoms with Crippen molar-refractivity contribution >= 4 is 5.91 Å². The maximum atomic E-state index is 12.4. The lowest BCUT2D eigenvalue weighted by molar-refractivity contribution is -0.0498. The van der Waals surface area contributed by atoms with Gasteiger partial charge in [-0.3, -0.25) is 4.79 Å². The van der Waals surface area contributed by atoms with Crippen molar-refractivity contribution in [1.82, 2.24) is 10.2 Å². The van der Waals surface area contributed by atoms with Crippen LogP contribution >= 0.6 is 0 Å². The van der Waals surface area contributed by atoms with Gasteiger partial charge in [-0.25, -0.2) is 0 Å². The second kappa shape index (κ2) is 9.15. The summed E-state index contributed by atoms with van der Waals surface area (Å²) < 4.78 is 34.2. The van der Waals surface area contributed by atoms with Crippen LogP contribution in [0.1, 0.15) is 22.0 Å². The van der Waals surface area contributed by atoms with Gasteiger partial charge >= 0.3 is 6.61 Å². The monoisotopic (exact) mass is 364 g/mol. The molecule has 2 aromatic rings. The maximum absolute atomic E-state index is 12.4. The summed E-state index contributed by atoms with van der Waals surface area (Å²) in [5, 5.41) is 2.83. The Balaban J connectivity index is 2.07. The first-order valence-electron chi connectivity index (χ1n) is 8.04. The van der Waals surface area contributed by atoms with Crippen LogP contribution in [-0.4, -0.2) is 45.2 Å². The minimum absolute atomic E-state index is 0.0513. The van der Waals surface area contributed by atoms with Gasteiger partial charge in [-0.1, -0.05) is 18.2 Å². The van der Waals surface area contributed by atoms with Crippen LogP contribution in [0.2, 0.25) is 0 Å². The Bertz CT molecular complexity index is 738. The Hall–Kier alpha value is -2.67. The van der Waals surface area contributed by atoms with Crippen LogP contribution in [0.4, 0.5) is 8.78 Å². The van der Waals surface area contributed by atoms with Gasteiger partial charge in [0.15, 0.2) is 0 Å². The van der Waals surface area contributed by atoms with Gasteiger partial charge in [-0.05, 0) is 50.0 Å². The van der Waals surface area contributed by atoms with Gasteiger partial charge in [0.1, 0.15) is 11.5 Å². The van der Waals surface area contributed by atoms with Crippen molar-refractivity contribution < 1.29 is 23.0 Å². The van der Waals surface area contributed by atoms with Crippen molar-refractivity contribution in [2.24, 2.45) is 0 Å². The van der Waals surface area contributed by atoms with E-state index in [1.165, 1.54) is 18.2 Å². The highest BCUT2D eigenvalue weighted by molar-refractivity contribution is 5.94. The van der Waals surface area contributed by atoms with Gasteiger partial charge in [0.05, 0.1) is 13.2 Å². The number of ether oxygens (including phenoxy) is 2. The summed E-state index contributed by atoms with van der Waals surface area (Å²) >= 11 is 0. The first-order chi connectivity index (χ1) is 12.4. The molecule has 0 aromatic heterocycles. The summed E-state index contributed by atoms with van der Waals surface area (Å²) in [4.78, 5) is 14.3. The van der Waals surface area contributed by atoms with Gasteiger partial charge in [0.25, 0.3) is 5.91 Å². The van der Waals surface area contributed by atoms with Crippen LogP contribution in [0.25, 0.3) is 0 Å². The summed E-state index contributed by atoms with van der Waals surface area (Å²) in [5.74, 6) is 0.321. The minimum atomic E-state index is -2.93. The normalized spacial score (nSPS) is 12.1. The van der Waals surface area contributed by atoms with Crippen molar-refractivity contribution in [3.63, 3.8) is 0 Å². The number of hydrogen-bond donors (Lipinski definition) is 1. The molecule has 0 saturated carbocycles. The molecule has 0 spiro atoms. The minimum Gasteiger partial charge on any atom is -0.497 e. The van der Waals surface area contributed by atoms with E-state index in [1.54, 1.807) is 13.2 Å². The van der Waals surface area contributed by atoms with E-state index in [0.29, 0.717) is 6.54 Å². The number of carbonyl (C=O) groups excluding carboxylic acids is 1. The molecule has 7 heteroatoms. The summed E-state index contributed by atoms with van der Waals surface area (Å²) in [6.07, 6.45) is 0. The molecule has 2 aromatic carbocycles. The van der Waals surface area contributed by atoms with Crippen molar-refractivity contribution in [3.8, 4) is 11.5 Å². The Morgan fingerprint density at radius 2 is 1.81 bits per heavy atom. The molecule has 1 amide bonds. The number of alkyl halides is 2. The predicted molar refractivity (Wildman–Crippen MR) is 94.8 cm³/mol. The van der Waals surface area contributed by atoms with E-state index < -0.39 is 6.61 Å². The van der Waals surface area contributed by atoms with Crippen molar-refractivity contribution in [1.29, 1.82) is 0 Å². The standard InChI is InChI=1S/C19H22F2N2O3/c1-23(2)17(13-6-4-8-15(10-13)25-3)12-22-18(24)14-7-5-9-16(11-14)26-19(20)21/h4-11,17,19H,12H2,1-3H3,(H,22,24). The van der Waals surface area contributed by atoms with E-state index >= 15 is 0 Å². The number of nitrogens with zero attached hydrogens (tertiary/aromatic N) is 1. The molecule has 140 valence electrons. The summed E-state index contributed by atoms with van der Waals surface area (Å²) in [6, 6.07) is 13.2. The average molecular weight is 364 g/mol. The molecule has 26 heavy (non-hydrogen) atoms. The van der Waals surface area contributed by atoms with Gasteiger partial charge in [-0.2, -0.15) is 8.78 Å². The van der Waals surface area contributed by atoms with E-state index in [1.807, 2.05) is 43.3 Å². The van der Waals surface area contributed by atoms with Crippen LogP contribution < -0.4 is 14.8 Å². The van der Waals surface area contributed by atoms with Crippen LogP contribution in [-0.2, 0) is 0 Å². The molecular formula is C19H22F2N2O3. The average Bonchev–Trinajstić information content (AvgIpc) is 2.61. The fourth-order valence-electron chi connectivity index (χ4n) is 2.55. The molecule has 0 bridgehead atoms.